The van der Waals surface area contributed by atoms with Gasteiger partial charge in [-0.05, 0) is 42.0 Å². The molecule has 0 radical (unpaired) electrons. The Morgan fingerprint density at radius 1 is 1.41 bits per heavy atom. The molecule has 1 fully saturated rings. The third-order valence-corrected chi connectivity index (χ3v) is 5.31. The minimum atomic E-state index is -3.02. The quantitative estimate of drug-likeness (QED) is 0.845. The van der Waals surface area contributed by atoms with Crippen LogP contribution in [0.4, 0.5) is 0 Å². The number of hydrogen-bond donors (Lipinski definition) is 1. The fourth-order valence-corrected chi connectivity index (χ4v) is 4.10. The molecule has 22 heavy (non-hydrogen) atoms. The second-order valence-corrected chi connectivity index (χ2v) is 7.49. The number of nitrogens with one attached hydrogen (secondary N) is 1. The van der Waals surface area contributed by atoms with Crippen LogP contribution in [0.1, 0.15) is 22.6 Å². The van der Waals surface area contributed by atoms with Crippen molar-refractivity contribution in [2.45, 2.75) is 19.4 Å². The van der Waals surface area contributed by atoms with E-state index >= 15 is 0 Å². The van der Waals surface area contributed by atoms with E-state index in [1.165, 1.54) is 4.68 Å². The van der Waals surface area contributed by atoms with Crippen molar-refractivity contribution in [3.63, 3.8) is 0 Å². The summed E-state index contributed by atoms with van der Waals surface area (Å²) in [5.41, 5.74) is 1.12. The second kappa shape index (κ2) is 5.48. The predicted octanol–water partition coefficient (Wildman–Crippen LogP) is -0.112. The highest BCUT2D eigenvalue weighted by Crippen LogP contribution is 2.14. The number of tetrazole rings is 1. The fourth-order valence-electron chi connectivity index (χ4n) is 2.43. The van der Waals surface area contributed by atoms with E-state index in [1.807, 2.05) is 0 Å². The molecule has 1 aromatic heterocycles. The molecule has 1 atom stereocenters. The van der Waals surface area contributed by atoms with Gasteiger partial charge in [0.1, 0.15) is 0 Å². The van der Waals surface area contributed by atoms with Gasteiger partial charge in [0.2, 0.25) is 0 Å². The number of hydrogen-bond acceptors (Lipinski definition) is 6. The monoisotopic (exact) mass is 321 g/mol. The maximum atomic E-state index is 12.3. The Morgan fingerprint density at radius 3 is 2.86 bits per heavy atom. The minimum Gasteiger partial charge on any atom is -0.348 e. The van der Waals surface area contributed by atoms with E-state index in [4.69, 9.17) is 0 Å². The molecule has 2 heterocycles. The topological polar surface area (TPSA) is 107 Å². The highest BCUT2D eigenvalue weighted by atomic mass is 32.2. The molecule has 0 bridgehead atoms. The van der Waals surface area contributed by atoms with Gasteiger partial charge in [-0.2, -0.15) is 4.68 Å². The molecular weight excluding hydrogens is 306 g/mol. The van der Waals surface area contributed by atoms with Crippen molar-refractivity contribution in [2.24, 2.45) is 0 Å². The molecule has 2 aromatic rings. The fraction of sp³-hybridized carbons (Fsp3) is 0.385. The highest BCUT2D eigenvalue weighted by molar-refractivity contribution is 7.91. The van der Waals surface area contributed by atoms with E-state index < -0.39 is 9.84 Å². The number of aromatic nitrogens is 4. The van der Waals surface area contributed by atoms with Crippen molar-refractivity contribution in [3.8, 4) is 5.69 Å². The summed E-state index contributed by atoms with van der Waals surface area (Å²) < 4.78 is 24.4. The molecule has 0 aliphatic carbocycles. The zero-order valence-electron chi connectivity index (χ0n) is 11.9. The molecule has 0 spiro atoms. The van der Waals surface area contributed by atoms with Gasteiger partial charge in [0.25, 0.3) is 5.91 Å². The smallest absolute Gasteiger partial charge is 0.251 e. The van der Waals surface area contributed by atoms with Gasteiger partial charge in [0.05, 0.1) is 17.2 Å². The number of benzene rings is 1. The Bertz CT molecular complexity index is 815. The van der Waals surface area contributed by atoms with Crippen LogP contribution in [0.2, 0.25) is 0 Å². The number of carbonyl (C=O) groups excluding carboxylic acids is 1. The molecule has 1 aliphatic heterocycles. The average molecular weight is 321 g/mol. The van der Waals surface area contributed by atoms with Crippen LogP contribution in [-0.2, 0) is 9.84 Å². The van der Waals surface area contributed by atoms with Crippen molar-refractivity contribution < 1.29 is 13.2 Å². The summed E-state index contributed by atoms with van der Waals surface area (Å²) in [7, 11) is -3.02. The van der Waals surface area contributed by atoms with E-state index in [-0.39, 0.29) is 23.5 Å². The van der Waals surface area contributed by atoms with Crippen LogP contribution >= 0.6 is 0 Å². The van der Waals surface area contributed by atoms with Gasteiger partial charge < -0.3 is 5.32 Å². The third-order valence-electron chi connectivity index (χ3n) is 3.55. The van der Waals surface area contributed by atoms with Crippen molar-refractivity contribution in [3.05, 3.63) is 35.7 Å². The number of rotatable bonds is 3. The van der Waals surface area contributed by atoms with Crippen LogP contribution in [0.25, 0.3) is 5.69 Å². The van der Waals surface area contributed by atoms with Crippen LogP contribution in [-0.4, -0.2) is 52.1 Å². The lowest BCUT2D eigenvalue weighted by Crippen LogP contribution is -2.35. The van der Waals surface area contributed by atoms with Crippen molar-refractivity contribution in [2.75, 3.05) is 11.5 Å². The predicted molar refractivity (Wildman–Crippen MR) is 78.4 cm³/mol. The van der Waals surface area contributed by atoms with Crippen molar-refractivity contribution >= 4 is 15.7 Å². The zero-order valence-corrected chi connectivity index (χ0v) is 12.7. The first-order valence-electron chi connectivity index (χ1n) is 6.81. The zero-order chi connectivity index (χ0) is 15.7. The first kappa shape index (κ1) is 14.6. The summed E-state index contributed by atoms with van der Waals surface area (Å²) in [5, 5.41) is 14.0. The molecule has 1 N–H and O–H groups in total. The Morgan fingerprint density at radius 2 is 2.23 bits per heavy atom. The van der Waals surface area contributed by atoms with Gasteiger partial charge in [-0.15, -0.1) is 5.10 Å². The molecule has 116 valence electrons. The van der Waals surface area contributed by atoms with Gasteiger partial charge in [-0.1, -0.05) is 6.07 Å². The van der Waals surface area contributed by atoms with E-state index in [2.05, 4.69) is 20.8 Å². The molecule has 1 amide bonds. The molecular formula is C13H15N5O3S. The maximum absolute atomic E-state index is 12.3. The first-order chi connectivity index (χ1) is 10.4. The van der Waals surface area contributed by atoms with E-state index in [0.717, 1.165) is 0 Å². The van der Waals surface area contributed by atoms with Crippen LogP contribution in [0.15, 0.2) is 24.3 Å². The van der Waals surface area contributed by atoms with Gasteiger partial charge in [-0.3, -0.25) is 4.79 Å². The molecule has 3 rings (SSSR count). The van der Waals surface area contributed by atoms with E-state index in [9.17, 15) is 13.2 Å². The Hall–Kier alpha value is -2.29. The molecule has 1 saturated heterocycles. The summed E-state index contributed by atoms with van der Waals surface area (Å²) in [5.74, 6) is 0.445. The Labute approximate surface area is 127 Å². The van der Waals surface area contributed by atoms with Crippen LogP contribution < -0.4 is 5.32 Å². The van der Waals surface area contributed by atoms with Gasteiger partial charge in [-0.25, -0.2) is 8.42 Å². The van der Waals surface area contributed by atoms with Gasteiger partial charge in [0.15, 0.2) is 15.7 Å². The molecule has 1 aromatic carbocycles. The van der Waals surface area contributed by atoms with Gasteiger partial charge in [0, 0.05) is 11.6 Å². The van der Waals surface area contributed by atoms with Gasteiger partial charge >= 0.3 is 0 Å². The number of nitrogens with zero attached hydrogens (tertiary/aromatic N) is 4. The summed E-state index contributed by atoms with van der Waals surface area (Å²) in [6.45, 7) is 1.76. The lowest BCUT2D eigenvalue weighted by atomic mass is 10.1. The Kier molecular flexibility index (Phi) is 3.65. The molecule has 1 aliphatic rings. The summed E-state index contributed by atoms with van der Waals surface area (Å²) in [6.07, 6.45) is 0.458. The number of sulfone groups is 1. The van der Waals surface area contributed by atoms with E-state index in [1.54, 1.807) is 31.2 Å². The maximum Gasteiger partial charge on any atom is 0.251 e. The highest BCUT2D eigenvalue weighted by Gasteiger charge is 2.29. The average Bonchev–Trinajstić information content (AvgIpc) is 3.04. The molecule has 0 unspecified atom stereocenters. The van der Waals surface area contributed by atoms with Crippen LogP contribution in [0.3, 0.4) is 0 Å². The number of amides is 1. The SMILES string of the molecule is Cc1nnnn1-c1cccc(C(=O)N[C@@H]2CCS(=O)(=O)C2)c1. The summed E-state index contributed by atoms with van der Waals surface area (Å²) in [6, 6.07) is 6.54. The standard InChI is InChI=1S/C13H15N5O3S/c1-9-15-16-17-18(9)12-4-2-3-10(7-12)13(19)14-11-5-6-22(20,21)8-11/h2-4,7,11H,5-6,8H2,1H3,(H,14,19)/t11-/m1/s1. The van der Waals surface area contributed by atoms with E-state index in [0.29, 0.717) is 23.5 Å². The van der Waals surface area contributed by atoms with Crippen molar-refractivity contribution in [1.29, 1.82) is 0 Å². The lowest BCUT2D eigenvalue weighted by Gasteiger charge is -2.11. The summed E-state index contributed by atoms with van der Waals surface area (Å²) >= 11 is 0. The molecule has 8 nitrogen and oxygen atoms in total. The number of carbonyl (C=O) groups is 1. The largest absolute Gasteiger partial charge is 0.348 e. The minimum absolute atomic E-state index is 0.00450. The van der Waals surface area contributed by atoms with Crippen LogP contribution in [0, 0.1) is 6.92 Å². The molecule has 9 heteroatoms. The first-order valence-corrected chi connectivity index (χ1v) is 8.63. The second-order valence-electron chi connectivity index (χ2n) is 5.26. The lowest BCUT2D eigenvalue weighted by molar-refractivity contribution is 0.0941. The third kappa shape index (κ3) is 2.98. The van der Waals surface area contributed by atoms with Crippen LogP contribution in [0.5, 0.6) is 0 Å². The molecule has 0 saturated carbocycles. The number of aryl methyl sites for hydroxylation is 1. The summed E-state index contributed by atoms with van der Waals surface area (Å²) in [4.78, 5) is 12.3. The Balaban J connectivity index is 1.78. The normalized spacial score (nSPS) is 20.0. The van der Waals surface area contributed by atoms with Crippen molar-refractivity contribution in [1.82, 2.24) is 25.5 Å².